The Bertz CT molecular complexity index is 757. The van der Waals surface area contributed by atoms with Crippen LogP contribution in [0.3, 0.4) is 0 Å². The fourth-order valence-electron chi connectivity index (χ4n) is 3.05. The van der Waals surface area contributed by atoms with E-state index in [0.717, 1.165) is 10.9 Å². The average Bonchev–Trinajstić information content (AvgIpc) is 3.02. The molecule has 2 amide bonds. The highest BCUT2D eigenvalue weighted by Gasteiger charge is 2.39. The summed E-state index contributed by atoms with van der Waals surface area (Å²) in [6, 6.07) is 7.91. The number of para-hydroxylation sites is 1. The van der Waals surface area contributed by atoms with Crippen LogP contribution in [0, 0.1) is 0 Å². The van der Waals surface area contributed by atoms with Crippen molar-refractivity contribution in [2.45, 2.75) is 25.5 Å². The third-order valence-corrected chi connectivity index (χ3v) is 4.42. The van der Waals surface area contributed by atoms with Crippen molar-refractivity contribution in [3.8, 4) is 0 Å². The Balaban J connectivity index is 1.63. The van der Waals surface area contributed by atoms with Crippen molar-refractivity contribution >= 4 is 22.7 Å². The molecule has 2 heterocycles. The number of aryl methyl sites for hydroxylation is 1. The number of hydrogen-bond donors (Lipinski definition) is 1. The molecule has 0 unspecified atom stereocenters. The summed E-state index contributed by atoms with van der Waals surface area (Å²) in [6.07, 6.45) is 2.15. The second-order valence-electron chi connectivity index (χ2n) is 6.15. The number of rotatable bonds is 4. The quantitative estimate of drug-likeness (QED) is 0.899. The fraction of sp³-hybridized carbons (Fsp3) is 0.471. The van der Waals surface area contributed by atoms with E-state index in [-0.39, 0.29) is 18.4 Å². The largest absolute Gasteiger partial charge is 0.362 e. The smallest absolute Gasteiger partial charge is 0.253 e. The first kappa shape index (κ1) is 16.4. The zero-order valence-electron chi connectivity index (χ0n) is 14.0. The van der Waals surface area contributed by atoms with Crippen molar-refractivity contribution in [1.29, 1.82) is 0 Å². The molecule has 1 N–H and O–H groups in total. The van der Waals surface area contributed by atoms with Crippen LogP contribution in [0.5, 0.6) is 0 Å². The molecular formula is C17H22N4O3. The van der Waals surface area contributed by atoms with Gasteiger partial charge in [-0.15, -0.1) is 0 Å². The highest BCUT2D eigenvalue weighted by Crippen LogP contribution is 2.19. The van der Waals surface area contributed by atoms with Crippen LogP contribution in [0.1, 0.15) is 13.3 Å². The first-order valence-electron chi connectivity index (χ1n) is 8.08. The third kappa shape index (κ3) is 3.12. The van der Waals surface area contributed by atoms with E-state index in [1.54, 1.807) is 25.1 Å². The minimum atomic E-state index is -0.985. The molecule has 0 bridgehead atoms. The van der Waals surface area contributed by atoms with E-state index < -0.39 is 5.60 Å². The van der Waals surface area contributed by atoms with E-state index in [1.165, 1.54) is 0 Å². The minimum absolute atomic E-state index is 0.00742. The van der Waals surface area contributed by atoms with E-state index in [0.29, 0.717) is 26.1 Å². The van der Waals surface area contributed by atoms with E-state index in [4.69, 9.17) is 4.74 Å². The summed E-state index contributed by atoms with van der Waals surface area (Å²) in [7, 11) is 1.57. The Kier molecular flexibility index (Phi) is 4.53. The molecule has 1 aromatic carbocycles. The van der Waals surface area contributed by atoms with Gasteiger partial charge in [0.05, 0.1) is 31.4 Å². The first-order chi connectivity index (χ1) is 11.5. The number of ether oxygens (including phenoxy) is 1. The van der Waals surface area contributed by atoms with Crippen LogP contribution in [0.25, 0.3) is 10.9 Å². The number of carbonyl (C=O) groups excluding carboxylic acids is 2. The van der Waals surface area contributed by atoms with Gasteiger partial charge < -0.3 is 15.0 Å². The minimum Gasteiger partial charge on any atom is -0.362 e. The summed E-state index contributed by atoms with van der Waals surface area (Å²) in [5.74, 6) is -0.203. The van der Waals surface area contributed by atoms with Gasteiger partial charge in [-0.2, -0.15) is 5.10 Å². The lowest BCUT2D eigenvalue weighted by molar-refractivity contribution is -0.162. The molecule has 1 saturated heterocycles. The average molecular weight is 330 g/mol. The summed E-state index contributed by atoms with van der Waals surface area (Å²) in [6.45, 7) is 3.36. The normalized spacial score (nSPS) is 21.0. The molecule has 0 saturated carbocycles. The van der Waals surface area contributed by atoms with Crippen molar-refractivity contribution in [1.82, 2.24) is 20.0 Å². The molecule has 1 aromatic heterocycles. The predicted molar refractivity (Wildman–Crippen MR) is 89.4 cm³/mol. The highest BCUT2D eigenvalue weighted by atomic mass is 16.5. The summed E-state index contributed by atoms with van der Waals surface area (Å²) >= 11 is 0. The van der Waals surface area contributed by atoms with Gasteiger partial charge in [0.2, 0.25) is 5.91 Å². The molecule has 3 rings (SSSR count). The Labute approximate surface area is 140 Å². The van der Waals surface area contributed by atoms with Crippen molar-refractivity contribution in [3.05, 3.63) is 30.5 Å². The van der Waals surface area contributed by atoms with Crippen LogP contribution in [0.4, 0.5) is 0 Å². The number of aromatic nitrogens is 2. The van der Waals surface area contributed by atoms with Crippen LogP contribution in [-0.2, 0) is 20.9 Å². The zero-order valence-corrected chi connectivity index (χ0v) is 14.0. The molecular weight excluding hydrogens is 308 g/mol. The summed E-state index contributed by atoms with van der Waals surface area (Å²) < 4.78 is 7.42. The number of nitrogens with zero attached hydrogens (tertiary/aromatic N) is 3. The van der Waals surface area contributed by atoms with Gasteiger partial charge in [-0.05, 0) is 13.0 Å². The number of benzene rings is 1. The van der Waals surface area contributed by atoms with E-state index in [9.17, 15) is 9.59 Å². The van der Waals surface area contributed by atoms with Crippen LogP contribution < -0.4 is 5.32 Å². The molecule has 0 aliphatic carbocycles. The number of carbonyl (C=O) groups is 2. The van der Waals surface area contributed by atoms with Gasteiger partial charge in [0.25, 0.3) is 5.91 Å². The summed E-state index contributed by atoms with van der Waals surface area (Å²) in [4.78, 5) is 26.2. The lowest BCUT2D eigenvalue weighted by Gasteiger charge is -2.39. The maximum atomic E-state index is 12.5. The van der Waals surface area contributed by atoms with Gasteiger partial charge in [-0.3, -0.25) is 14.3 Å². The van der Waals surface area contributed by atoms with Crippen LogP contribution >= 0.6 is 0 Å². The molecule has 1 atom stereocenters. The van der Waals surface area contributed by atoms with Gasteiger partial charge in [0.15, 0.2) is 5.60 Å². The Morgan fingerprint density at radius 3 is 2.96 bits per heavy atom. The molecule has 128 valence electrons. The Hall–Kier alpha value is -2.41. The maximum absolute atomic E-state index is 12.5. The number of fused-ring (bicyclic) bond motifs is 1. The van der Waals surface area contributed by atoms with Crippen LogP contribution in [0.2, 0.25) is 0 Å². The second kappa shape index (κ2) is 6.60. The third-order valence-electron chi connectivity index (χ3n) is 4.42. The van der Waals surface area contributed by atoms with Gasteiger partial charge in [-0.25, -0.2) is 0 Å². The summed E-state index contributed by atoms with van der Waals surface area (Å²) in [5.41, 5.74) is 0.0311. The molecule has 1 fully saturated rings. The second-order valence-corrected chi connectivity index (χ2v) is 6.15. The monoisotopic (exact) mass is 330 g/mol. The van der Waals surface area contributed by atoms with Gasteiger partial charge in [0.1, 0.15) is 0 Å². The van der Waals surface area contributed by atoms with Crippen LogP contribution in [0.15, 0.2) is 30.5 Å². The molecule has 0 radical (unpaired) electrons. The van der Waals surface area contributed by atoms with Gasteiger partial charge in [0, 0.05) is 25.4 Å². The number of amides is 2. The molecule has 24 heavy (non-hydrogen) atoms. The topological polar surface area (TPSA) is 76.5 Å². The fourth-order valence-corrected chi connectivity index (χ4v) is 3.05. The first-order valence-corrected chi connectivity index (χ1v) is 8.08. The van der Waals surface area contributed by atoms with Crippen molar-refractivity contribution < 1.29 is 14.3 Å². The van der Waals surface area contributed by atoms with Crippen molar-refractivity contribution in [2.24, 2.45) is 0 Å². The summed E-state index contributed by atoms with van der Waals surface area (Å²) in [5, 5.41) is 7.99. The molecule has 2 aromatic rings. The Morgan fingerprint density at radius 2 is 2.17 bits per heavy atom. The number of hydrogen-bond acceptors (Lipinski definition) is 4. The van der Waals surface area contributed by atoms with Crippen molar-refractivity contribution in [2.75, 3.05) is 26.7 Å². The molecule has 7 nitrogen and oxygen atoms in total. The molecule has 1 aliphatic heterocycles. The molecule has 0 spiro atoms. The lowest BCUT2D eigenvalue weighted by atomic mass is 10.0. The Morgan fingerprint density at radius 1 is 1.38 bits per heavy atom. The van der Waals surface area contributed by atoms with E-state index in [2.05, 4.69) is 10.4 Å². The van der Waals surface area contributed by atoms with Gasteiger partial charge in [-0.1, -0.05) is 18.2 Å². The van der Waals surface area contributed by atoms with Crippen molar-refractivity contribution in [3.63, 3.8) is 0 Å². The maximum Gasteiger partial charge on any atom is 0.253 e. The number of likely N-dealkylation sites (N-methyl/N-ethyl adjacent to an activating group) is 1. The van der Waals surface area contributed by atoms with Gasteiger partial charge >= 0.3 is 0 Å². The van der Waals surface area contributed by atoms with E-state index >= 15 is 0 Å². The van der Waals surface area contributed by atoms with E-state index in [1.807, 2.05) is 28.9 Å². The number of nitrogens with one attached hydrogen (secondary N) is 1. The highest BCUT2D eigenvalue weighted by molar-refractivity contribution is 5.86. The number of morpholine rings is 1. The standard InChI is InChI=1S/C17H22N4O3/c1-17(16(23)18-2)12-20(9-10-24-17)15(22)7-8-21-14-6-4-3-5-13(14)11-19-21/h3-6,11H,7-10,12H2,1-2H3,(H,18,23)/t17-/m1/s1. The predicted octanol–water partition coefficient (Wildman–Crippen LogP) is 0.790. The zero-order chi connectivity index (χ0) is 17.2. The lowest BCUT2D eigenvalue weighted by Crippen LogP contribution is -2.58. The molecule has 7 heteroatoms. The molecule has 1 aliphatic rings. The SMILES string of the molecule is CNC(=O)[C@@]1(C)CN(C(=O)CCn2ncc3ccccc32)CCO1. The van der Waals surface area contributed by atoms with Crippen LogP contribution in [-0.4, -0.2) is 58.8 Å².